The molecule has 0 aliphatic carbocycles. The molecule has 1 fully saturated rings. The fourth-order valence-corrected chi connectivity index (χ4v) is 3.48. The van der Waals surface area contributed by atoms with Crippen LogP contribution in [0.4, 0.5) is 0 Å². The minimum atomic E-state index is -0.483. The molecule has 6 nitrogen and oxygen atoms in total. The van der Waals surface area contributed by atoms with E-state index in [0.29, 0.717) is 19.6 Å². The van der Waals surface area contributed by atoms with Crippen LogP contribution >= 0.6 is 0 Å². The van der Waals surface area contributed by atoms with Gasteiger partial charge in [0.15, 0.2) is 0 Å². The van der Waals surface area contributed by atoms with Crippen molar-refractivity contribution in [1.82, 2.24) is 15.0 Å². The number of methoxy groups -OCH3 is 1. The average molecular weight is 351 g/mol. The molecule has 3 aromatic heterocycles. The first-order chi connectivity index (χ1) is 12.6. The van der Waals surface area contributed by atoms with E-state index in [1.54, 1.807) is 20.2 Å². The number of nitrogens with one attached hydrogen (secondary N) is 1. The summed E-state index contributed by atoms with van der Waals surface area (Å²) in [6, 6.07) is 7.92. The first-order valence-electron chi connectivity index (χ1n) is 8.67. The molecule has 0 amide bonds. The van der Waals surface area contributed by atoms with Gasteiger partial charge in [-0.05, 0) is 25.1 Å². The number of aromatic nitrogens is 3. The zero-order valence-electron chi connectivity index (χ0n) is 14.9. The van der Waals surface area contributed by atoms with Crippen LogP contribution in [0.15, 0.2) is 36.7 Å². The largest absolute Gasteiger partial charge is 0.378 e. The van der Waals surface area contributed by atoms with Gasteiger partial charge in [0, 0.05) is 49.4 Å². The maximum Gasteiger partial charge on any atom is 0.135 e. The van der Waals surface area contributed by atoms with Crippen molar-refractivity contribution in [2.45, 2.75) is 25.4 Å². The highest BCUT2D eigenvalue weighted by Gasteiger charge is 2.38. The number of ketones is 1. The molecule has 1 aliphatic heterocycles. The van der Waals surface area contributed by atoms with Gasteiger partial charge in [-0.25, -0.2) is 4.98 Å². The van der Waals surface area contributed by atoms with Crippen LogP contribution in [0, 0.1) is 0 Å². The Labute approximate surface area is 151 Å². The summed E-state index contributed by atoms with van der Waals surface area (Å²) in [7, 11) is 1.70. The number of Topliss-reactive ketones (excluding diaryl/α,β-unsaturated/α-hetero) is 1. The molecule has 0 aromatic carbocycles. The lowest BCUT2D eigenvalue weighted by molar-refractivity contribution is -0.116. The van der Waals surface area contributed by atoms with E-state index in [1.165, 1.54) is 0 Å². The van der Waals surface area contributed by atoms with Crippen molar-refractivity contribution < 1.29 is 14.3 Å². The van der Waals surface area contributed by atoms with E-state index in [4.69, 9.17) is 14.5 Å². The summed E-state index contributed by atoms with van der Waals surface area (Å²) >= 11 is 0. The zero-order valence-corrected chi connectivity index (χ0v) is 14.9. The van der Waals surface area contributed by atoms with E-state index < -0.39 is 5.60 Å². The molecule has 0 saturated carbocycles. The van der Waals surface area contributed by atoms with Crippen LogP contribution in [0.5, 0.6) is 0 Å². The fraction of sp³-hybridized carbons (Fsp3) is 0.350. The second kappa shape index (κ2) is 6.63. The van der Waals surface area contributed by atoms with Crippen molar-refractivity contribution in [3.8, 4) is 11.3 Å². The van der Waals surface area contributed by atoms with E-state index in [1.807, 2.05) is 30.5 Å². The number of aromatic amines is 1. The van der Waals surface area contributed by atoms with E-state index in [0.717, 1.165) is 40.0 Å². The maximum atomic E-state index is 11.4. The van der Waals surface area contributed by atoms with E-state index >= 15 is 0 Å². The Kier molecular flexibility index (Phi) is 4.30. The highest BCUT2D eigenvalue weighted by Crippen LogP contribution is 2.35. The summed E-state index contributed by atoms with van der Waals surface area (Å²) in [5, 5.41) is 1.01. The van der Waals surface area contributed by atoms with Gasteiger partial charge in [-0.15, -0.1) is 0 Å². The average Bonchev–Trinajstić information content (AvgIpc) is 3.29. The standard InChI is InChI=1S/C20H21N3O3/c1-13(24)8-14-9-15-16(10-22-18(15)11-21-14)17-4-3-5-19(23-17)20(25-2)6-7-26-12-20/h3-5,9-11,22H,6-8,12H2,1-2H3. The summed E-state index contributed by atoms with van der Waals surface area (Å²) in [6.45, 7) is 2.76. The molecule has 0 bridgehead atoms. The minimum Gasteiger partial charge on any atom is -0.378 e. The number of carbonyl (C=O) groups is 1. The quantitative estimate of drug-likeness (QED) is 0.764. The highest BCUT2D eigenvalue weighted by molar-refractivity contribution is 5.94. The Hall–Kier alpha value is -2.57. The predicted molar refractivity (Wildman–Crippen MR) is 97.8 cm³/mol. The molecule has 3 aromatic rings. The lowest BCUT2D eigenvalue weighted by Crippen LogP contribution is -2.30. The number of rotatable bonds is 5. The molecule has 4 rings (SSSR count). The number of nitrogens with zero attached hydrogens (tertiary/aromatic N) is 2. The van der Waals surface area contributed by atoms with Gasteiger partial charge in [0.25, 0.3) is 0 Å². The van der Waals surface area contributed by atoms with Crippen molar-refractivity contribution in [3.63, 3.8) is 0 Å². The predicted octanol–water partition coefficient (Wildman–Crippen LogP) is 3.02. The van der Waals surface area contributed by atoms with Crippen molar-refractivity contribution >= 4 is 16.7 Å². The van der Waals surface area contributed by atoms with Crippen molar-refractivity contribution in [1.29, 1.82) is 0 Å². The topological polar surface area (TPSA) is 77.1 Å². The summed E-state index contributed by atoms with van der Waals surface area (Å²) in [6.07, 6.45) is 4.82. The van der Waals surface area contributed by atoms with Crippen LogP contribution in [0.3, 0.4) is 0 Å². The molecule has 1 atom stereocenters. The van der Waals surface area contributed by atoms with Crippen molar-refractivity contribution in [2.24, 2.45) is 0 Å². The summed E-state index contributed by atoms with van der Waals surface area (Å²) in [4.78, 5) is 23.9. The summed E-state index contributed by atoms with van der Waals surface area (Å²) in [5.41, 5.74) is 3.92. The molecule has 1 N–H and O–H groups in total. The van der Waals surface area contributed by atoms with Gasteiger partial charge in [-0.3, -0.25) is 9.78 Å². The van der Waals surface area contributed by atoms with E-state index in [-0.39, 0.29) is 5.78 Å². The summed E-state index contributed by atoms with van der Waals surface area (Å²) in [5.74, 6) is 0.0947. The number of fused-ring (bicyclic) bond motifs is 1. The lowest BCUT2D eigenvalue weighted by Gasteiger charge is -2.25. The molecular formula is C20H21N3O3. The fourth-order valence-electron chi connectivity index (χ4n) is 3.48. The Balaban J connectivity index is 1.78. The number of hydrogen-bond donors (Lipinski definition) is 1. The van der Waals surface area contributed by atoms with E-state index in [9.17, 15) is 4.79 Å². The monoisotopic (exact) mass is 351 g/mol. The third-order valence-corrected chi connectivity index (χ3v) is 4.92. The molecule has 134 valence electrons. The van der Waals surface area contributed by atoms with Crippen LogP contribution < -0.4 is 0 Å². The lowest BCUT2D eigenvalue weighted by atomic mass is 9.97. The van der Waals surface area contributed by atoms with Gasteiger partial charge in [-0.2, -0.15) is 0 Å². The van der Waals surface area contributed by atoms with Gasteiger partial charge >= 0.3 is 0 Å². The Bertz CT molecular complexity index is 958. The van der Waals surface area contributed by atoms with Crippen LogP contribution in [0.1, 0.15) is 24.7 Å². The third-order valence-electron chi connectivity index (χ3n) is 4.92. The van der Waals surface area contributed by atoms with Crippen LogP contribution in [0.25, 0.3) is 22.2 Å². The van der Waals surface area contributed by atoms with Gasteiger partial charge in [0.1, 0.15) is 11.4 Å². The van der Waals surface area contributed by atoms with Crippen LogP contribution in [0.2, 0.25) is 0 Å². The normalized spacial score (nSPS) is 19.9. The van der Waals surface area contributed by atoms with Crippen LogP contribution in [-0.4, -0.2) is 41.1 Å². The minimum absolute atomic E-state index is 0.0947. The van der Waals surface area contributed by atoms with Crippen molar-refractivity contribution in [2.75, 3.05) is 20.3 Å². The number of hydrogen-bond acceptors (Lipinski definition) is 5. The second-order valence-corrected chi connectivity index (χ2v) is 6.71. The van der Waals surface area contributed by atoms with Gasteiger partial charge in [0.2, 0.25) is 0 Å². The second-order valence-electron chi connectivity index (χ2n) is 6.71. The number of carbonyl (C=O) groups excluding carboxylic acids is 1. The Morgan fingerprint density at radius 1 is 1.42 bits per heavy atom. The first-order valence-corrected chi connectivity index (χ1v) is 8.67. The smallest absolute Gasteiger partial charge is 0.135 e. The maximum absolute atomic E-state index is 11.4. The molecule has 1 aliphatic rings. The molecule has 0 radical (unpaired) electrons. The Morgan fingerprint density at radius 2 is 2.31 bits per heavy atom. The van der Waals surface area contributed by atoms with E-state index in [2.05, 4.69) is 9.97 Å². The molecule has 26 heavy (non-hydrogen) atoms. The molecule has 6 heteroatoms. The molecule has 1 unspecified atom stereocenters. The molecule has 0 spiro atoms. The van der Waals surface area contributed by atoms with Crippen molar-refractivity contribution in [3.05, 3.63) is 48.0 Å². The van der Waals surface area contributed by atoms with Gasteiger partial charge in [0.05, 0.1) is 29.7 Å². The number of ether oxygens (including phenoxy) is 2. The zero-order chi connectivity index (χ0) is 18.1. The SMILES string of the molecule is COC1(c2cccc(-c3c[nH]c4cnc(CC(C)=O)cc34)n2)CCOC1. The summed E-state index contributed by atoms with van der Waals surface area (Å²) < 4.78 is 11.3. The Morgan fingerprint density at radius 3 is 3.04 bits per heavy atom. The van der Waals surface area contributed by atoms with Gasteiger partial charge < -0.3 is 14.5 Å². The number of H-pyrrole nitrogens is 1. The third kappa shape index (κ3) is 2.91. The van der Waals surface area contributed by atoms with Crippen LogP contribution in [-0.2, 0) is 26.3 Å². The molecule has 4 heterocycles. The molecule has 1 saturated heterocycles. The highest BCUT2D eigenvalue weighted by atomic mass is 16.5. The first kappa shape index (κ1) is 16.9. The molecular weight excluding hydrogens is 330 g/mol. The van der Waals surface area contributed by atoms with Gasteiger partial charge in [-0.1, -0.05) is 6.07 Å². The number of pyridine rings is 2.